The maximum atomic E-state index is 14.8. The number of halogens is 5. The van der Waals surface area contributed by atoms with Crippen LogP contribution in [0.1, 0.15) is 26.2 Å². The molecule has 4 aromatic rings. The van der Waals surface area contributed by atoms with E-state index < -0.39 is 63.5 Å². The Kier molecular flexibility index (Phi) is 7.19. The molecule has 3 atom stereocenters. The van der Waals surface area contributed by atoms with Crippen molar-refractivity contribution in [1.82, 2.24) is 29.4 Å². The van der Waals surface area contributed by atoms with E-state index in [1.54, 1.807) is 0 Å². The summed E-state index contributed by atoms with van der Waals surface area (Å²) in [7, 11) is -3.24. The van der Waals surface area contributed by atoms with Gasteiger partial charge in [0.2, 0.25) is 22.7 Å². The zero-order valence-corrected chi connectivity index (χ0v) is 22.1. The van der Waals surface area contributed by atoms with E-state index in [1.165, 1.54) is 26.3 Å². The molecule has 3 aromatic heterocycles. The summed E-state index contributed by atoms with van der Waals surface area (Å²) in [5.41, 5.74) is 0.441. The van der Waals surface area contributed by atoms with Crippen molar-refractivity contribution in [3.63, 3.8) is 0 Å². The van der Waals surface area contributed by atoms with Gasteiger partial charge in [0.25, 0.3) is 10.0 Å². The van der Waals surface area contributed by atoms with E-state index in [4.69, 9.17) is 9.15 Å². The van der Waals surface area contributed by atoms with E-state index in [0.717, 1.165) is 39.6 Å². The summed E-state index contributed by atoms with van der Waals surface area (Å²) in [6, 6.07) is 1.87. The molecule has 1 amide bonds. The third kappa shape index (κ3) is 5.33. The summed E-state index contributed by atoms with van der Waals surface area (Å²) in [5, 5.41) is 6.23. The summed E-state index contributed by atoms with van der Waals surface area (Å²) in [6.45, 7) is 1.07. The van der Waals surface area contributed by atoms with Crippen LogP contribution < -0.4 is 10.1 Å². The van der Waals surface area contributed by atoms with Crippen LogP contribution in [0.15, 0.2) is 52.4 Å². The van der Waals surface area contributed by atoms with E-state index >= 15 is 0 Å². The van der Waals surface area contributed by atoms with Gasteiger partial charge >= 0.3 is 6.18 Å². The first-order valence-electron chi connectivity index (χ1n) is 12.0. The van der Waals surface area contributed by atoms with Crippen LogP contribution in [-0.4, -0.2) is 63.7 Å². The number of sulfonamides is 1. The maximum Gasteiger partial charge on any atom is 0.451 e. The molecule has 1 aliphatic heterocycles. The lowest BCUT2D eigenvalue weighted by Crippen LogP contribution is -2.48. The van der Waals surface area contributed by atoms with Crippen LogP contribution in [0.4, 0.5) is 22.0 Å². The van der Waals surface area contributed by atoms with Crippen molar-refractivity contribution < 1.29 is 45.7 Å². The normalized spacial score (nSPS) is 20.0. The Bertz CT molecular complexity index is 1710. The molecular formula is C24H23F5N6O5S. The van der Waals surface area contributed by atoms with E-state index in [9.17, 15) is 35.2 Å². The molecule has 11 nitrogen and oxygen atoms in total. The van der Waals surface area contributed by atoms with Crippen LogP contribution in [0.3, 0.4) is 0 Å². The van der Waals surface area contributed by atoms with Gasteiger partial charge in [-0.1, -0.05) is 0 Å². The number of aromatic nitrogens is 4. The van der Waals surface area contributed by atoms with Gasteiger partial charge in [-0.15, -0.1) is 5.10 Å². The molecule has 41 heavy (non-hydrogen) atoms. The fraction of sp³-hybridized carbons (Fsp3) is 0.333. The minimum atomic E-state index is -4.73. The van der Waals surface area contributed by atoms with Crippen molar-refractivity contribution in [2.45, 2.75) is 49.4 Å². The highest BCUT2D eigenvalue weighted by molar-refractivity contribution is 7.89. The molecule has 0 bridgehead atoms. The summed E-state index contributed by atoms with van der Waals surface area (Å²) in [4.78, 5) is 19.7. The molecule has 0 unspecified atom stereocenters. The first-order chi connectivity index (χ1) is 19.3. The number of nitrogens with one attached hydrogen (secondary N) is 1. The van der Waals surface area contributed by atoms with E-state index in [2.05, 4.69) is 20.4 Å². The van der Waals surface area contributed by atoms with Crippen molar-refractivity contribution in [3.8, 4) is 11.6 Å². The monoisotopic (exact) mass is 602 g/mol. The number of rotatable bonds is 7. The standard InChI is InChI=1S/C24H21F5N6O5S.H2/c1-12-17(26)7-18(35(12)41(37,38)20-6-13-5-15(25)3-4-19(13)40-20)21(36)30-8-14-11-34(33-22(14)39-2)16-9-31-23(32-10-16)24(27,28)29;/h3-6,9-12,17-18H,7-8H2,1-2H3,(H,30,36);1H/t12-,17+,18-;/m0./s1. The first kappa shape index (κ1) is 28.4. The fourth-order valence-corrected chi connectivity index (χ4v) is 6.26. The van der Waals surface area contributed by atoms with Crippen molar-refractivity contribution in [1.29, 1.82) is 0 Å². The number of fused-ring (bicyclic) bond motifs is 1. The maximum absolute atomic E-state index is 14.8. The molecule has 0 aliphatic carbocycles. The van der Waals surface area contributed by atoms with Gasteiger partial charge in [0.05, 0.1) is 31.1 Å². The van der Waals surface area contributed by atoms with Crippen LogP contribution in [0.5, 0.6) is 5.88 Å². The molecule has 1 saturated heterocycles. The van der Waals surface area contributed by atoms with Crippen molar-refractivity contribution >= 4 is 26.9 Å². The van der Waals surface area contributed by atoms with Gasteiger partial charge in [0.15, 0.2) is 0 Å². The fourth-order valence-electron chi connectivity index (χ4n) is 4.49. The lowest BCUT2D eigenvalue weighted by atomic mass is 10.1. The largest absolute Gasteiger partial charge is 0.480 e. The average molecular weight is 603 g/mol. The predicted molar refractivity (Wildman–Crippen MR) is 133 cm³/mol. The number of hydrogen-bond donors (Lipinski definition) is 1. The minimum Gasteiger partial charge on any atom is -0.480 e. The van der Waals surface area contributed by atoms with Crippen molar-refractivity contribution in [3.05, 3.63) is 60.1 Å². The van der Waals surface area contributed by atoms with Gasteiger partial charge in [-0.2, -0.15) is 17.5 Å². The molecule has 5 rings (SSSR count). The number of ether oxygens (including phenoxy) is 1. The molecule has 17 heteroatoms. The lowest BCUT2D eigenvalue weighted by molar-refractivity contribution is -0.145. The molecule has 4 heterocycles. The Labute approximate surface area is 230 Å². The third-order valence-corrected chi connectivity index (χ3v) is 8.38. The number of benzene rings is 1. The van der Waals surface area contributed by atoms with Crippen LogP contribution in [0.25, 0.3) is 16.7 Å². The molecule has 220 valence electrons. The Hall–Kier alpha value is -4.12. The summed E-state index contributed by atoms with van der Waals surface area (Å²) >= 11 is 0. The van der Waals surface area contributed by atoms with Crippen LogP contribution in [0.2, 0.25) is 0 Å². The molecular weight excluding hydrogens is 579 g/mol. The van der Waals surface area contributed by atoms with Gasteiger partial charge in [-0.3, -0.25) is 4.79 Å². The Morgan fingerprint density at radius 1 is 1.24 bits per heavy atom. The number of methoxy groups -OCH3 is 1. The Balaban J connectivity index is 0.00000405. The second-order valence-electron chi connectivity index (χ2n) is 9.18. The smallest absolute Gasteiger partial charge is 0.451 e. The van der Waals surface area contributed by atoms with Crippen LogP contribution >= 0.6 is 0 Å². The van der Waals surface area contributed by atoms with Gasteiger partial charge < -0.3 is 14.5 Å². The van der Waals surface area contributed by atoms with Gasteiger partial charge in [0.1, 0.15) is 29.3 Å². The Morgan fingerprint density at radius 3 is 2.61 bits per heavy atom. The molecule has 1 aromatic carbocycles. The predicted octanol–water partition coefficient (Wildman–Crippen LogP) is 3.63. The van der Waals surface area contributed by atoms with Crippen LogP contribution in [0, 0.1) is 5.82 Å². The van der Waals surface area contributed by atoms with Crippen molar-refractivity contribution in [2.75, 3.05) is 7.11 Å². The van der Waals surface area contributed by atoms with Gasteiger partial charge in [0, 0.05) is 32.0 Å². The summed E-state index contributed by atoms with van der Waals surface area (Å²) in [6.07, 6.45) is -3.67. The number of carbonyl (C=O) groups is 1. The number of furan rings is 1. The first-order valence-corrected chi connectivity index (χ1v) is 13.4. The molecule has 0 saturated carbocycles. The SMILES string of the molecule is COc1nn(-c2cnc(C(F)(F)F)nc2)cc1CNC(=O)[C@@H]1C[C@@H](F)[C@H](C)N1S(=O)(=O)c1cc2cc(F)ccc2o1.[HH]. The lowest BCUT2D eigenvalue weighted by Gasteiger charge is -2.25. The second kappa shape index (κ2) is 10.4. The summed E-state index contributed by atoms with van der Waals surface area (Å²) < 4.78 is 106. The topological polar surface area (TPSA) is 132 Å². The molecule has 1 N–H and O–H groups in total. The van der Waals surface area contributed by atoms with Gasteiger partial charge in [-0.05, 0) is 25.1 Å². The summed E-state index contributed by atoms with van der Waals surface area (Å²) in [5.74, 6) is -2.76. The molecule has 0 radical (unpaired) electrons. The molecule has 0 spiro atoms. The van der Waals surface area contributed by atoms with E-state index in [0.29, 0.717) is 0 Å². The third-order valence-electron chi connectivity index (χ3n) is 6.52. The van der Waals surface area contributed by atoms with E-state index in [-0.39, 0.29) is 36.1 Å². The molecule has 1 fully saturated rings. The number of hydrogen-bond acceptors (Lipinski definition) is 8. The average Bonchev–Trinajstić information content (AvgIpc) is 3.62. The highest BCUT2D eigenvalue weighted by atomic mass is 32.2. The number of alkyl halides is 4. The second-order valence-corrected chi connectivity index (χ2v) is 11.0. The molecule has 1 aliphatic rings. The number of carbonyl (C=O) groups excluding carboxylic acids is 1. The van der Waals surface area contributed by atoms with Crippen molar-refractivity contribution in [2.24, 2.45) is 0 Å². The number of amides is 1. The quantitative estimate of drug-likeness (QED) is 0.317. The Morgan fingerprint density at radius 2 is 1.95 bits per heavy atom. The van der Waals surface area contributed by atoms with Gasteiger partial charge in [-0.25, -0.2) is 31.8 Å². The minimum absolute atomic E-state index is 0. The highest BCUT2D eigenvalue weighted by Gasteiger charge is 2.50. The highest BCUT2D eigenvalue weighted by Crippen LogP contribution is 2.35. The zero-order valence-electron chi connectivity index (χ0n) is 21.3. The van der Waals surface area contributed by atoms with Crippen LogP contribution in [-0.2, 0) is 27.5 Å². The number of nitrogens with zero attached hydrogens (tertiary/aromatic N) is 5. The zero-order chi connectivity index (χ0) is 29.7. The van der Waals surface area contributed by atoms with E-state index in [1.807, 2.05) is 0 Å².